The SMILES string of the molecule is CNC(c1ccsc1)c1ccc2c(c1)NC(=O)CC(=O)N2. The molecule has 108 valence electrons. The fourth-order valence-corrected chi connectivity index (χ4v) is 3.14. The fraction of sp³-hybridized carbons (Fsp3) is 0.200. The summed E-state index contributed by atoms with van der Waals surface area (Å²) < 4.78 is 0. The first-order valence-corrected chi connectivity index (χ1v) is 7.54. The summed E-state index contributed by atoms with van der Waals surface area (Å²) >= 11 is 1.64. The van der Waals surface area contributed by atoms with Crippen molar-refractivity contribution in [2.75, 3.05) is 17.7 Å². The molecule has 0 fully saturated rings. The monoisotopic (exact) mass is 301 g/mol. The number of fused-ring (bicyclic) bond motifs is 1. The molecular weight excluding hydrogens is 286 g/mol. The van der Waals surface area contributed by atoms with Crippen LogP contribution in [0.1, 0.15) is 23.6 Å². The van der Waals surface area contributed by atoms with Crippen LogP contribution in [0, 0.1) is 0 Å². The minimum Gasteiger partial charge on any atom is -0.324 e. The summed E-state index contributed by atoms with van der Waals surface area (Å²) in [4.78, 5) is 23.2. The Morgan fingerprint density at radius 1 is 1.10 bits per heavy atom. The molecule has 1 atom stereocenters. The van der Waals surface area contributed by atoms with Crippen molar-refractivity contribution < 1.29 is 9.59 Å². The van der Waals surface area contributed by atoms with Gasteiger partial charge in [0, 0.05) is 0 Å². The molecule has 0 bridgehead atoms. The van der Waals surface area contributed by atoms with Gasteiger partial charge in [-0.15, -0.1) is 0 Å². The fourth-order valence-electron chi connectivity index (χ4n) is 2.45. The van der Waals surface area contributed by atoms with E-state index in [1.807, 2.05) is 30.6 Å². The molecule has 2 aromatic rings. The lowest BCUT2D eigenvalue weighted by Crippen LogP contribution is -2.17. The zero-order chi connectivity index (χ0) is 14.8. The Kier molecular flexibility index (Phi) is 3.72. The average Bonchev–Trinajstić information content (AvgIpc) is 2.91. The molecule has 0 aliphatic carbocycles. The van der Waals surface area contributed by atoms with Gasteiger partial charge in [0.1, 0.15) is 6.42 Å². The maximum atomic E-state index is 11.6. The predicted molar refractivity (Wildman–Crippen MR) is 83.5 cm³/mol. The second-order valence-electron chi connectivity index (χ2n) is 4.86. The maximum absolute atomic E-state index is 11.6. The van der Waals surface area contributed by atoms with Crippen LogP contribution in [0.25, 0.3) is 0 Å². The highest BCUT2D eigenvalue weighted by Crippen LogP contribution is 2.31. The van der Waals surface area contributed by atoms with E-state index in [4.69, 9.17) is 0 Å². The molecule has 2 heterocycles. The molecule has 2 amide bonds. The molecule has 6 heteroatoms. The number of rotatable bonds is 3. The Morgan fingerprint density at radius 2 is 1.86 bits per heavy atom. The predicted octanol–water partition coefficient (Wildman–Crippen LogP) is 2.34. The van der Waals surface area contributed by atoms with Gasteiger partial charge >= 0.3 is 0 Å². The lowest BCUT2D eigenvalue weighted by atomic mass is 10.0. The third kappa shape index (κ3) is 2.81. The van der Waals surface area contributed by atoms with Gasteiger partial charge in [-0.2, -0.15) is 11.3 Å². The van der Waals surface area contributed by atoms with Gasteiger partial charge in [-0.1, -0.05) is 6.07 Å². The van der Waals surface area contributed by atoms with Crippen LogP contribution in [0.5, 0.6) is 0 Å². The molecule has 0 saturated carbocycles. The molecule has 1 aliphatic heterocycles. The second kappa shape index (κ2) is 5.67. The van der Waals surface area contributed by atoms with Crippen LogP contribution >= 0.6 is 11.3 Å². The summed E-state index contributed by atoms with van der Waals surface area (Å²) in [6.07, 6.45) is -0.149. The first kappa shape index (κ1) is 13.8. The number of hydrogen-bond donors (Lipinski definition) is 3. The van der Waals surface area contributed by atoms with E-state index >= 15 is 0 Å². The third-order valence-electron chi connectivity index (χ3n) is 3.41. The standard InChI is InChI=1S/C15H15N3O2S/c1-16-15(10-4-5-21-8-10)9-2-3-11-12(6-9)18-14(20)7-13(19)17-11/h2-6,8,15-16H,7H2,1H3,(H,17,19)(H,18,20). The number of amides is 2. The van der Waals surface area contributed by atoms with Crippen LogP contribution in [0.4, 0.5) is 11.4 Å². The van der Waals surface area contributed by atoms with Crippen molar-refractivity contribution in [3.8, 4) is 0 Å². The zero-order valence-corrected chi connectivity index (χ0v) is 12.3. The van der Waals surface area contributed by atoms with E-state index in [2.05, 4.69) is 27.4 Å². The summed E-state index contributed by atoms with van der Waals surface area (Å²) in [5.74, 6) is -0.582. The minimum absolute atomic E-state index is 0.0532. The normalized spacial score (nSPS) is 15.7. The van der Waals surface area contributed by atoms with Crippen molar-refractivity contribution in [3.63, 3.8) is 0 Å². The van der Waals surface area contributed by atoms with Crippen LogP contribution in [0.3, 0.4) is 0 Å². The minimum atomic E-state index is -0.292. The molecule has 21 heavy (non-hydrogen) atoms. The number of carbonyl (C=O) groups is 2. The molecular formula is C15H15N3O2S. The first-order valence-electron chi connectivity index (χ1n) is 6.60. The van der Waals surface area contributed by atoms with Crippen molar-refractivity contribution >= 4 is 34.5 Å². The molecule has 1 aromatic carbocycles. The Labute approximate surface area is 126 Å². The van der Waals surface area contributed by atoms with Crippen LogP contribution in [0.2, 0.25) is 0 Å². The molecule has 3 rings (SSSR count). The highest BCUT2D eigenvalue weighted by Gasteiger charge is 2.20. The highest BCUT2D eigenvalue weighted by atomic mass is 32.1. The van der Waals surface area contributed by atoms with Gasteiger partial charge in [0.05, 0.1) is 17.4 Å². The topological polar surface area (TPSA) is 70.2 Å². The third-order valence-corrected chi connectivity index (χ3v) is 4.11. The number of nitrogens with one attached hydrogen (secondary N) is 3. The summed E-state index contributed by atoms with van der Waals surface area (Å²) in [5.41, 5.74) is 3.48. The summed E-state index contributed by atoms with van der Waals surface area (Å²) in [5, 5.41) is 12.9. The Balaban J connectivity index is 1.98. The quantitative estimate of drug-likeness (QED) is 0.762. The molecule has 1 aromatic heterocycles. The van der Waals surface area contributed by atoms with Crippen LogP contribution < -0.4 is 16.0 Å². The number of anilines is 2. The molecule has 0 radical (unpaired) electrons. The Morgan fingerprint density at radius 3 is 2.52 bits per heavy atom. The van der Waals surface area contributed by atoms with Crippen molar-refractivity contribution in [2.45, 2.75) is 12.5 Å². The van der Waals surface area contributed by atoms with E-state index in [1.54, 1.807) is 11.3 Å². The van der Waals surface area contributed by atoms with Gasteiger partial charge in [0.25, 0.3) is 0 Å². The Hall–Kier alpha value is -2.18. The van der Waals surface area contributed by atoms with Crippen molar-refractivity contribution in [1.82, 2.24) is 5.32 Å². The summed E-state index contributed by atoms with van der Waals surface area (Å²) in [6.45, 7) is 0. The van der Waals surface area contributed by atoms with Crippen molar-refractivity contribution in [2.24, 2.45) is 0 Å². The van der Waals surface area contributed by atoms with E-state index in [0.29, 0.717) is 11.4 Å². The zero-order valence-electron chi connectivity index (χ0n) is 11.5. The smallest absolute Gasteiger partial charge is 0.233 e. The summed E-state index contributed by atoms with van der Waals surface area (Å²) in [6, 6.07) is 7.80. The number of thiophene rings is 1. The Bertz CT molecular complexity index is 682. The molecule has 1 aliphatic rings. The largest absolute Gasteiger partial charge is 0.324 e. The maximum Gasteiger partial charge on any atom is 0.233 e. The number of carbonyl (C=O) groups excluding carboxylic acids is 2. The highest BCUT2D eigenvalue weighted by molar-refractivity contribution is 7.08. The molecule has 0 saturated heterocycles. The van der Waals surface area contributed by atoms with Gasteiger partial charge < -0.3 is 16.0 Å². The van der Waals surface area contributed by atoms with Crippen molar-refractivity contribution in [3.05, 3.63) is 46.2 Å². The van der Waals surface area contributed by atoms with Crippen LogP contribution in [-0.4, -0.2) is 18.9 Å². The number of benzene rings is 1. The van der Waals surface area contributed by atoms with Gasteiger partial charge in [-0.05, 0) is 47.1 Å². The van der Waals surface area contributed by atoms with E-state index in [-0.39, 0.29) is 24.3 Å². The first-order chi connectivity index (χ1) is 10.2. The van der Waals surface area contributed by atoms with Gasteiger partial charge in [0.15, 0.2) is 0 Å². The van der Waals surface area contributed by atoms with E-state index < -0.39 is 0 Å². The number of hydrogen-bond acceptors (Lipinski definition) is 4. The van der Waals surface area contributed by atoms with Crippen LogP contribution in [-0.2, 0) is 9.59 Å². The van der Waals surface area contributed by atoms with Crippen molar-refractivity contribution in [1.29, 1.82) is 0 Å². The van der Waals surface area contributed by atoms with E-state index in [1.165, 1.54) is 5.56 Å². The van der Waals surface area contributed by atoms with Gasteiger partial charge in [0.2, 0.25) is 11.8 Å². The molecule has 5 nitrogen and oxygen atoms in total. The molecule has 3 N–H and O–H groups in total. The van der Waals surface area contributed by atoms with E-state index in [0.717, 1.165) is 5.56 Å². The summed E-state index contributed by atoms with van der Waals surface area (Å²) in [7, 11) is 1.90. The van der Waals surface area contributed by atoms with Gasteiger partial charge in [-0.25, -0.2) is 0 Å². The molecule has 1 unspecified atom stereocenters. The molecule has 0 spiro atoms. The van der Waals surface area contributed by atoms with Gasteiger partial charge in [-0.3, -0.25) is 9.59 Å². The second-order valence-corrected chi connectivity index (χ2v) is 5.64. The van der Waals surface area contributed by atoms with Crippen LogP contribution in [0.15, 0.2) is 35.0 Å². The lowest BCUT2D eigenvalue weighted by Gasteiger charge is -2.18. The lowest BCUT2D eigenvalue weighted by molar-refractivity contribution is -0.123. The van der Waals surface area contributed by atoms with E-state index in [9.17, 15) is 9.59 Å². The average molecular weight is 301 g/mol.